The Kier molecular flexibility index (Phi) is 6.23. The summed E-state index contributed by atoms with van der Waals surface area (Å²) in [4.78, 5) is 6.13. The minimum Gasteiger partial charge on any atom is -0.368 e. The topological polar surface area (TPSA) is 27.6 Å². The number of benzene rings is 1. The first-order valence-electron chi connectivity index (χ1n) is 6.25. The number of rotatable bonds is 7. The van der Waals surface area contributed by atoms with Crippen molar-refractivity contribution in [3.8, 4) is 0 Å². The molecule has 1 N–H and O–H groups in total. The summed E-state index contributed by atoms with van der Waals surface area (Å²) in [6, 6.07) is 6.21. The maximum absolute atomic E-state index is 12.8. The molecule has 0 fully saturated rings. The number of aliphatic imine (C=N–C) groups is 1. The minimum absolute atomic E-state index is 0.254. The third kappa shape index (κ3) is 5.52. The van der Waals surface area contributed by atoms with E-state index < -0.39 is 0 Å². The monoisotopic (exact) mass is 273 g/mol. The van der Waals surface area contributed by atoms with Crippen LogP contribution in [0.5, 0.6) is 0 Å². The molecule has 20 heavy (non-hydrogen) atoms. The molecule has 0 unspecified atom stereocenters. The Morgan fingerprint density at radius 2 is 2.05 bits per heavy atom. The zero-order valence-electron chi connectivity index (χ0n) is 11.9. The van der Waals surface area contributed by atoms with Crippen LogP contribution in [0.2, 0.25) is 0 Å². The van der Waals surface area contributed by atoms with Crippen molar-refractivity contribution in [2.75, 3.05) is 13.7 Å². The Morgan fingerprint density at radius 3 is 2.65 bits per heavy atom. The van der Waals surface area contributed by atoms with Gasteiger partial charge in [0.05, 0.1) is 13.0 Å². The number of hydrogen-bond acceptors (Lipinski definition) is 2. The molecule has 0 atom stereocenters. The van der Waals surface area contributed by atoms with Crippen molar-refractivity contribution in [3.63, 3.8) is 0 Å². The summed E-state index contributed by atoms with van der Waals surface area (Å²) < 4.78 is 12.8. The van der Waals surface area contributed by atoms with E-state index in [1.807, 2.05) is 24.9 Å². The highest BCUT2D eigenvalue weighted by Gasteiger charge is 1.99. The van der Waals surface area contributed by atoms with Gasteiger partial charge in [-0.25, -0.2) is 9.38 Å². The lowest BCUT2D eigenvalue weighted by molar-refractivity contribution is 0.500. The highest BCUT2D eigenvalue weighted by atomic mass is 19.1. The van der Waals surface area contributed by atoms with Gasteiger partial charge >= 0.3 is 0 Å². The smallest absolute Gasteiger partial charge is 0.123 e. The lowest BCUT2D eigenvalue weighted by Crippen LogP contribution is -2.28. The highest BCUT2D eigenvalue weighted by molar-refractivity contribution is 5.62. The van der Waals surface area contributed by atoms with Crippen LogP contribution >= 0.6 is 0 Å². The van der Waals surface area contributed by atoms with Crippen LogP contribution in [0, 0.1) is 5.82 Å². The minimum atomic E-state index is -0.254. The number of nitrogens with one attached hydrogen (secondary N) is 1. The van der Waals surface area contributed by atoms with Crippen LogP contribution in [-0.2, 0) is 0 Å². The second kappa shape index (κ2) is 7.94. The SMILES string of the molecule is C=C/C=C(C)/N=C\N(C)CNC(=C)c1ccc(F)cc1. The summed E-state index contributed by atoms with van der Waals surface area (Å²) in [5.41, 5.74) is 2.48. The van der Waals surface area contributed by atoms with Crippen LogP contribution in [0.25, 0.3) is 5.70 Å². The summed E-state index contributed by atoms with van der Waals surface area (Å²) in [6.07, 6.45) is 5.25. The maximum Gasteiger partial charge on any atom is 0.123 e. The first kappa shape index (κ1) is 15.7. The van der Waals surface area contributed by atoms with E-state index in [0.717, 1.165) is 17.0 Å². The zero-order valence-corrected chi connectivity index (χ0v) is 11.9. The fourth-order valence-corrected chi connectivity index (χ4v) is 1.42. The average Bonchev–Trinajstić information content (AvgIpc) is 2.43. The number of nitrogens with zero attached hydrogens (tertiary/aromatic N) is 2. The molecule has 0 aromatic heterocycles. The lowest BCUT2D eigenvalue weighted by Gasteiger charge is -2.16. The zero-order chi connectivity index (χ0) is 15.0. The molecule has 1 aromatic carbocycles. The van der Waals surface area contributed by atoms with Crippen molar-refractivity contribution in [1.29, 1.82) is 0 Å². The first-order valence-corrected chi connectivity index (χ1v) is 6.25. The largest absolute Gasteiger partial charge is 0.368 e. The summed E-state index contributed by atoms with van der Waals surface area (Å²) in [5, 5.41) is 3.15. The second-order valence-electron chi connectivity index (χ2n) is 4.37. The molecule has 0 amide bonds. The van der Waals surface area contributed by atoms with Gasteiger partial charge in [0.1, 0.15) is 5.82 Å². The molecule has 3 nitrogen and oxygen atoms in total. The third-order valence-corrected chi connectivity index (χ3v) is 2.55. The molecule has 0 saturated carbocycles. The van der Waals surface area contributed by atoms with Crippen molar-refractivity contribution in [2.24, 2.45) is 4.99 Å². The Labute approximate surface area is 119 Å². The maximum atomic E-state index is 12.8. The fraction of sp³-hybridized carbons (Fsp3) is 0.188. The van der Waals surface area contributed by atoms with Gasteiger partial charge < -0.3 is 10.2 Å². The molecule has 0 aliphatic carbocycles. The summed E-state index contributed by atoms with van der Waals surface area (Å²) in [5.74, 6) is -0.254. The predicted octanol–water partition coefficient (Wildman–Crippen LogP) is 3.39. The average molecular weight is 273 g/mol. The quantitative estimate of drug-likeness (QED) is 0.357. The van der Waals surface area contributed by atoms with Crippen molar-refractivity contribution < 1.29 is 4.39 Å². The molecule has 0 bridgehead atoms. The molecule has 0 spiro atoms. The Bertz CT molecular complexity index is 515. The standard InChI is InChI=1S/C16H20FN3/c1-5-6-13(2)18-11-20(4)12-19-14(3)15-7-9-16(17)10-8-15/h5-11,19H,1,3,12H2,2,4H3/b13-6+,18-11-. The van der Waals surface area contributed by atoms with Crippen LogP contribution in [0.3, 0.4) is 0 Å². The van der Waals surface area contributed by atoms with E-state index in [-0.39, 0.29) is 5.82 Å². The molecule has 106 valence electrons. The van der Waals surface area contributed by atoms with Crippen molar-refractivity contribution >= 4 is 12.0 Å². The summed E-state index contributed by atoms with van der Waals surface area (Å²) >= 11 is 0. The van der Waals surface area contributed by atoms with E-state index in [1.54, 1.807) is 24.5 Å². The molecule has 0 heterocycles. The van der Waals surface area contributed by atoms with Crippen molar-refractivity contribution in [3.05, 3.63) is 66.7 Å². The van der Waals surface area contributed by atoms with E-state index in [0.29, 0.717) is 6.67 Å². The predicted molar refractivity (Wildman–Crippen MR) is 83.6 cm³/mol. The molecule has 1 aromatic rings. The van der Waals surface area contributed by atoms with Gasteiger partial charge in [-0.2, -0.15) is 0 Å². The van der Waals surface area contributed by atoms with Crippen molar-refractivity contribution in [1.82, 2.24) is 10.2 Å². The second-order valence-corrected chi connectivity index (χ2v) is 4.37. The van der Waals surface area contributed by atoms with Gasteiger partial charge in [0.2, 0.25) is 0 Å². The summed E-state index contributed by atoms with van der Waals surface area (Å²) in [6.45, 7) is 9.99. The lowest BCUT2D eigenvalue weighted by atomic mass is 10.2. The van der Waals surface area contributed by atoms with Gasteiger partial charge in [-0.05, 0) is 30.7 Å². The molecule has 0 aliphatic heterocycles. The Hall–Kier alpha value is -2.36. The molecular weight excluding hydrogens is 253 g/mol. The van der Waals surface area contributed by atoms with Crippen LogP contribution in [0.15, 0.2) is 60.3 Å². The van der Waals surface area contributed by atoms with Gasteiger partial charge in [-0.15, -0.1) is 0 Å². The molecule has 1 rings (SSSR count). The first-order chi connectivity index (χ1) is 9.52. The van der Waals surface area contributed by atoms with Gasteiger partial charge in [0.15, 0.2) is 0 Å². The van der Waals surface area contributed by atoms with Crippen LogP contribution < -0.4 is 5.32 Å². The molecule has 4 heteroatoms. The molecular formula is C16H20FN3. The van der Waals surface area contributed by atoms with Crippen molar-refractivity contribution in [2.45, 2.75) is 6.92 Å². The van der Waals surface area contributed by atoms with Crippen LogP contribution in [0.4, 0.5) is 4.39 Å². The van der Waals surface area contributed by atoms with Crippen LogP contribution in [-0.4, -0.2) is 25.0 Å². The normalized spacial score (nSPS) is 11.4. The van der Waals surface area contributed by atoms with Gasteiger partial charge in [0.25, 0.3) is 0 Å². The van der Waals surface area contributed by atoms with E-state index in [9.17, 15) is 4.39 Å². The molecule has 0 radical (unpaired) electrons. The van der Waals surface area contributed by atoms with Crippen LogP contribution in [0.1, 0.15) is 12.5 Å². The third-order valence-electron chi connectivity index (χ3n) is 2.55. The Balaban J connectivity index is 2.46. The number of hydrogen-bond donors (Lipinski definition) is 1. The summed E-state index contributed by atoms with van der Waals surface area (Å²) in [7, 11) is 1.90. The number of halogens is 1. The van der Waals surface area contributed by atoms with Gasteiger partial charge in [0, 0.05) is 18.4 Å². The van der Waals surface area contributed by atoms with E-state index in [2.05, 4.69) is 23.5 Å². The van der Waals surface area contributed by atoms with Gasteiger partial charge in [-0.1, -0.05) is 31.4 Å². The van der Waals surface area contributed by atoms with E-state index in [4.69, 9.17) is 0 Å². The highest BCUT2D eigenvalue weighted by Crippen LogP contribution is 2.09. The number of allylic oxidation sites excluding steroid dienone is 3. The molecule has 0 aliphatic rings. The van der Waals surface area contributed by atoms with E-state index in [1.165, 1.54) is 12.1 Å². The van der Waals surface area contributed by atoms with E-state index >= 15 is 0 Å². The molecule has 0 saturated heterocycles. The van der Waals surface area contributed by atoms with Gasteiger partial charge in [-0.3, -0.25) is 0 Å². The fourth-order valence-electron chi connectivity index (χ4n) is 1.42. The Morgan fingerprint density at radius 1 is 1.40 bits per heavy atom.